The van der Waals surface area contributed by atoms with Gasteiger partial charge in [-0.3, -0.25) is 14.4 Å². The van der Waals surface area contributed by atoms with Crippen LogP contribution in [-0.2, 0) is 27.5 Å². The number of nitrogens with one attached hydrogen (secondary N) is 4. The van der Waals surface area contributed by atoms with Gasteiger partial charge in [-0.15, -0.1) is 0 Å². The summed E-state index contributed by atoms with van der Waals surface area (Å²) in [5.41, 5.74) is 9.95. The van der Waals surface area contributed by atoms with Gasteiger partial charge in [0.25, 0.3) is 5.91 Å². The highest BCUT2D eigenvalue weighted by molar-refractivity contribution is 6.02. The average Bonchev–Trinajstić information content (AvgIpc) is 2.66. The smallest absolute Gasteiger partial charge is 0.267 e. The first-order valence-corrected chi connectivity index (χ1v) is 8.31. The van der Waals surface area contributed by atoms with Crippen molar-refractivity contribution in [2.75, 3.05) is 18.9 Å². The third kappa shape index (κ3) is 7.08. The minimum atomic E-state index is -0.913. The largest absolute Gasteiger partial charge is 0.392 e. The molecule has 0 saturated heterocycles. The molecule has 150 valence electrons. The molecule has 1 aromatic rings. The second-order valence-electron chi connectivity index (χ2n) is 5.77. The molecule has 11 heteroatoms. The Morgan fingerprint density at radius 2 is 2.04 bits per heavy atom. The lowest BCUT2D eigenvalue weighted by Gasteiger charge is -2.16. The average molecular weight is 389 g/mol. The highest BCUT2D eigenvalue weighted by Gasteiger charge is 2.18. The Bertz CT molecular complexity index is 803. The number of carbonyl (C=O) groups is 3. The van der Waals surface area contributed by atoms with Crippen molar-refractivity contribution in [3.05, 3.63) is 52.0 Å². The molecule has 0 radical (unpaired) electrons. The molecular weight excluding hydrogens is 366 g/mol. The first kappa shape index (κ1) is 22.6. The van der Waals surface area contributed by atoms with Gasteiger partial charge in [0.2, 0.25) is 11.8 Å². The lowest BCUT2D eigenvalue weighted by molar-refractivity contribution is -0.125. The molecule has 0 aliphatic rings. The van der Waals surface area contributed by atoms with Gasteiger partial charge in [0, 0.05) is 17.1 Å². The first-order valence-electron chi connectivity index (χ1n) is 8.31. The molecule has 28 heavy (non-hydrogen) atoms. The van der Waals surface area contributed by atoms with Crippen molar-refractivity contribution in [3.63, 3.8) is 0 Å². The van der Waals surface area contributed by atoms with Crippen molar-refractivity contribution in [2.45, 2.75) is 26.1 Å². The zero-order valence-corrected chi connectivity index (χ0v) is 15.7. The van der Waals surface area contributed by atoms with Gasteiger partial charge >= 0.3 is 0 Å². The van der Waals surface area contributed by atoms with E-state index >= 15 is 0 Å². The van der Waals surface area contributed by atoms with Crippen molar-refractivity contribution >= 4 is 23.4 Å². The molecule has 1 atom stereocenters. The second-order valence-corrected chi connectivity index (χ2v) is 5.77. The Balaban J connectivity index is 2.66. The number of aliphatic hydroxyl groups is 1. The van der Waals surface area contributed by atoms with E-state index in [0.717, 1.165) is 11.1 Å². The van der Waals surface area contributed by atoms with E-state index in [4.69, 9.17) is 5.53 Å². The predicted molar refractivity (Wildman–Crippen MR) is 103 cm³/mol. The monoisotopic (exact) mass is 389 g/mol. The van der Waals surface area contributed by atoms with Crippen LogP contribution in [0.5, 0.6) is 0 Å². The van der Waals surface area contributed by atoms with Gasteiger partial charge in [-0.25, -0.2) is 0 Å². The van der Waals surface area contributed by atoms with Gasteiger partial charge in [0.1, 0.15) is 12.6 Å². The number of carbonyl (C=O) groups excluding carboxylic acids is 3. The number of benzene rings is 1. The fourth-order valence-electron chi connectivity index (χ4n) is 2.17. The SMILES string of the molecule is C=C(NC(=O)CN=[N+]=[N-])C(=O)N[C@@H](C)C(=O)Nc1ccc(CO)c(CNC)c1. The maximum atomic E-state index is 12.3. The van der Waals surface area contributed by atoms with Gasteiger partial charge < -0.3 is 26.4 Å². The molecular formula is C17H23N7O4. The number of hydrogen-bond donors (Lipinski definition) is 5. The van der Waals surface area contributed by atoms with Gasteiger partial charge in [0.05, 0.1) is 12.3 Å². The van der Waals surface area contributed by atoms with Crippen molar-refractivity contribution in [1.29, 1.82) is 0 Å². The van der Waals surface area contributed by atoms with Crippen LogP contribution in [0.15, 0.2) is 35.6 Å². The molecule has 0 bridgehead atoms. The minimum absolute atomic E-state index is 0.120. The fourth-order valence-corrected chi connectivity index (χ4v) is 2.17. The maximum absolute atomic E-state index is 12.3. The zero-order chi connectivity index (χ0) is 21.1. The molecule has 5 N–H and O–H groups in total. The quantitative estimate of drug-likeness (QED) is 0.167. The number of anilines is 1. The van der Waals surface area contributed by atoms with E-state index in [1.54, 1.807) is 25.2 Å². The van der Waals surface area contributed by atoms with Crippen LogP contribution in [0.2, 0.25) is 0 Å². The van der Waals surface area contributed by atoms with Gasteiger partial charge in [-0.05, 0) is 42.8 Å². The van der Waals surface area contributed by atoms with Crippen LogP contribution in [0, 0.1) is 0 Å². The van der Waals surface area contributed by atoms with Gasteiger partial charge in [-0.1, -0.05) is 17.8 Å². The third-order valence-electron chi connectivity index (χ3n) is 3.59. The lowest BCUT2D eigenvalue weighted by Crippen LogP contribution is -2.44. The summed E-state index contributed by atoms with van der Waals surface area (Å²) < 4.78 is 0. The number of aliphatic hydroxyl groups excluding tert-OH is 1. The standard InChI is InChI=1S/C17H23N7O4/c1-10(21-15(26)8-20-24-18)16(27)22-11(2)17(28)23-14-5-4-12(9-25)13(6-14)7-19-3/h4-6,11,19,25H,1,7-9H2,2-3H3,(H,21,26)(H,22,27)(H,23,28)/t11-/m0/s1. The molecule has 0 fully saturated rings. The van der Waals surface area contributed by atoms with Crippen molar-refractivity contribution in [2.24, 2.45) is 5.11 Å². The van der Waals surface area contributed by atoms with E-state index in [1.807, 2.05) is 0 Å². The molecule has 0 unspecified atom stereocenters. The Hall–Kier alpha value is -3.40. The van der Waals surface area contributed by atoms with Gasteiger partial charge in [-0.2, -0.15) is 0 Å². The molecule has 0 aromatic heterocycles. The van der Waals surface area contributed by atoms with Crippen LogP contribution >= 0.6 is 0 Å². The second kappa shape index (κ2) is 11.3. The summed E-state index contributed by atoms with van der Waals surface area (Å²) in [5.74, 6) is -1.92. The number of rotatable bonds is 10. The molecule has 0 aliphatic heterocycles. The molecule has 0 spiro atoms. The molecule has 1 rings (SSSR count). The van der Waals surface area contributed by atoms with Crippen LogP contribution < -0.4 is 21.3 Å². The normalized spacial score (nSPS) is 11.0. The van der Waals surface area contributed by atoms with Crippen LogP contribution in [0.4, 0.5) is 5.69 Å². The fraction of sp³-hybridized carbons (Fsp3) is 0.353. The predicted octanol–water partition coefficient (Wildman–Crippen LogP) is 0.282. The van der Waals surface area contributed by atoms with Crippen molar-refractivity contribution in [3.8, 4) is 0 Å². The summed E-state index contributed by atoms with van der Waals surface area (Å²) in [4.78, 5) is 38.1. The summed E-state index contributed by atoms with van der Waals surface area (Å²) in [5, 5.41) is 22.6. The van der Waals surface area contributed by atoms with E-state index in [1.165, 1.54) is 6.92 Å². The summed E-state index contributed by atoms with van der Waals surface area (Å²) in [6.45, 7) is 4.80. The van der Waals surface area contributed by atoms with Crippen LogP contribution in [0.25, 0.3) is 10.4 Å². The van der Waals surface area contributed by atoms with E-state index < -0.39 is 30.3 Å². The van der Waals surface area contributed by atoms with Gasteiger partial charge in [0.15, 0.2) is 0 Å². The maximum Gasteiger partial charge on any atom is 0.267 e. The topological polar surface area (TPSA) is 168 Å². The number of azide groups is 1. The molecule has 1 aromatic carbocycles. The highest BCUT2D eigenvalue weighted by atomic mass is 16.3. The number of hydrogen-bond acceptors (Lipinski definition) is 6. The summed E-state index contributed by atoms with van der Waals surface area (Å²) >= 11 is 0. The molecule has 0 heterocycles. The lowest BCUT2D eigenvalue weighted by atomic mass is 10.1. The Labute approximate surface area is 161 Å². The summed E-state index contributed by atoms with van der Waals surface area (Å²) in [6.07, 6.45) is 0. The Kier molecular flexibility index (Phi) is 9.17. The Morgan fingerprint density at radius 3 is 2.64 bits per heavy atom. The van der Waals surface area contributed by atoms with E-state index in [2.05, 4.69) is 37.9 Å². The number of nitrogens with zero attached hydrogens (tertiary/aromatic N) is 3. The number of amides is 3. The van der Waals surface area contributed by atoms with Crippen LogP contribution in [0.1, 0.15) is 18.1 Å². The van der Waals surface area contributed by atoms with Crippen LogP contribution in [-0.4, -0.2) is 42.5 Å². The first-order chi connectivity index (χ1) is 13.3. The highest BCUT2D eigenvalue weighted by Crippen LogP contribution is 2.16. The molecule has 3 amide bonds. The Morgan fingerprint density at radius 1 is 1.32 bits per heavy atom. The van der Waals surface area contributed by atoms with Crippen LogP contribution in [0.3, 0.4) is 0 Å². The van der Waals surface area contributed by atoms with Crippen molar-refractivity contribution < 1.29 is 19.5 Å². The van der Waals surface area contributed by atoms with E-state index in [0.29, 0.717) is 12.2 Å². The minimum Gasteiger partial charge on any atom is -0.392 e. The van der Waals surface area contributed by atoms with Crippen molar-refractivity contribution in [1.82, 2.24) is 16.0 Å². The van der Waals surface area contributed by atoms with E-state index in [-0.39, 0.29) is 12.3 Å². The third-order valence-corrected chi connectivity index (χ3v) is 3.59. The van der Waals surface area contributed by atoms with E-state index in [9.17, 15) is 19.5 Å². The molecule has 0 aliphatic carbocycles. The molecule has 0 saturated carbocycles. The zero-order valence-electron chi connectivity index (χ0n) is 15.7. The summed E-state index contributed by atoms with van der Waals surface area (Å²) in [7, 11) is 1.77. The summed E-state index contributed by atoms with van der Waals surface area (Å²) in [6, 6.07) is 4.16. The molecule has 11 nitrogen and oxygen atoms in total.